The second kappa shape index (κ2) is 16.0. The highest BCUT2D eigenvalue weighted by molar-refractivity contribution is 5.91. The Bertz CT molecular complexity index is 935. The number of aliphatic hydroxyl groups is 3. The highest BCUT2D eigenvalue weighted by Crippen LogP contribution is 2.34. The molecular formula is C31H51NO9. The first kappa shape index (κ1) is 35.2. The summed E-state index contributed by atoms with van der Waals surface area (Å²) in [6.45, 7) is 10.9. The summed E-state index contributed by atoms with van der Waals surface area (Å²) in [5.41, 5.74) is 0.856. The van der Waals surface area contributed by atoms with Gasteiger partial charge in [-0.1, -0.05) is 45.4 Å². The first-order valence-electron chi connectivity index (χ1n) is 14.8. The molecule has 10 nitrogen and oxygen atoms in total. The SMILES string of the molecule is CC[C@H]1OC(=O)C[C@@H](O)[C@H](C)[C@@H](O[C@@H]2O[C@H](C)[C@@H](O)[C@H](N(C)C)[C@H]2O)[C@@H](CC=O)C[C@@H](C)C(=O)/C=C/C(C)=C/C1C. The molecule has 1 saturated heterocycles. The topological polar surface area (TPSA) is 143 Å². The Morgan fingerprint density at radius 2 is 1.73 bits per heavy atom. The van der Waals surface area contributed by atoms with Gasteiger partial charge in [0.2, 0.25) is 0 Å². The number of likely N-dealkylation sites (N-methyl/N-ethyl adjacent to an activating group) is 1. The van der Waals surface area contributed by atoms with E-state index in [1.54, 1.807) is 45.8 Å². The lowest BCUT2D eigenvalue weighted by Gasteiger charge is -2.46. The van der Waals surface area contributed by atoms with Crippen molar-refractivity contribution in [3.63, 3.8) is 0 Å². The quantitative estimate of drug-likeness (QED) is 0.316. The zero-order chi connectivity index (χ0) is 31.0. The Kier molecular flexibility index (Phi) is 13.8. The summed E-state index contributed by atoms with van der Waals surface area (Å²) in [6, 6.07) is -0.690. The maximum absolute atomic E-state index is 13.1. The fourth-order valence-electron chi connectivity index (χ4n) is 5.92. The van der Waals surface area contributed by atoms with E-state index in [1.165, 1.54) is 6.08 Å². The van der Waals surface area contributed by atoms with Gasteiger partial charge in [-0.3, -0.25) is 9.59 Å². The summed E-state index contributed by atoms with van der Waals surface area (Å²) in [4.78, 5) is 39.5. The number of hydrogen-bond donors (Lipinski definition) is 3. The number of esters is 1. The number of aldehydes is 1. The van der Waals surface area contributed by atoms with Crippen LogP contribution in [-0.2, 0) is 28.6 Å². The number of carbonyl (C=O) groups is 3. The summed E-state index contributed by atoms with van der Waals surface area (Å²) in [5, 5.41) is 33.0. The number of hydrogen-bond acceptors (Lipinski definition) is 10. The Labute approximate surface area is 244 Å². The minimum atomic E-state index is -1.24. The molecule has 3 N–H and O–H groups in total. The van der Waals surface area contributed by atoms with E-state index >= 15 is 0 Å². The Morgan fingerprint density at radius 3 is 2.32 bits per heavy atom. The van der Waals surface area contributed by atoms with Gasteiger partial charge in [-0.05, 0) is 52.8 Å². The fraction of sp³-hybridized carbons (Fsp3) is 0.774. The molecule has 0 saturated carbocycles. The molecule has 2 aliphatic rings. The number of rotatable bonds is 6. The summed E-state index contributed by atoms with van der Waals surface area (Å²) in [7, 11) is 3.46. The van der Waals surface area contributed by atoms with E-state index in [0.29, 0.717) is 6.42 Å². The molecule has 0 aliphatic carbocycles. The van der Waals surface area contributed by atoms with Crippen molar-refractivity contribution in [1.82, 2.24) is 4.90 Å². The fourth-order valence-corrected chi connectivity index (χ4v) is 5.92. The molecule has 12 atom stereocenters. The summed E-state index contributed by atoms with van der Waals surface area (Å²) < 4.78 is 18.0. The molecule has 2 aliphatic heterocycles. The minimum absolute atomic E-state index is 0.0277. The normalized spacial score (nSPS) is 42.3. The van der Waals surface area contributed by atoms with Gasteiger partial charge < -0.3 is 39.2 Å². The summed E-state index contributed by atoms with van der Waals surface area (Å²) in [5.74, 6) is -2.48. The van der Waals surface area contributed by atoms with Crippen LogP contribution in [0.25, 0.3) is 0 Å². The van der Waals surface area contributed by atoms with Gasteiger partial charge >= 0.3 is 5.97 Å². The molecule has 0 aromatic carbocycles. The lowest BCUT2D eigenvalue weighted by molar-refractivity contribution is -0.304. The first-order valence-corrected chi connectivity index (χ1v) is 14.8. The Hall–Kier alpha value is -1.95. The molecule has 1 unspecified atom stereocenters. The summed E-state index contributed by atoms with van der Waals surface area (Å²) in [6.07, 6.45) is -0.0195. The second-order valence-electron chi connectivity index (χ2n) is 12.1. The van der Waals surface area contributed by atoms with E-state index in [1.807, 2.05) is 26.8 Å². The lowest BCUT2D eigenvalue weighted by atomic mass is 9.79. The van der Waals surface area contributed by atoms with Crippen molar-refractivity contribution in [2.45, 2.75) is 116 Å². The first-order chi connectivity index (χ1) is 19.2. The number of allylic oxidation sites excluding steroid dienone is 3. The molecule has 0 radical (unpaired) electrons. The van der Waals surface area contributed by atoms with Crippen LogP contribution < -0.4 is 0 Å². The Morgan fingerprint density at radius 1 is 1.07 bits per heavy atom. The van der Waals surface area contributed by atoms with Crippen molar-refractivity contribution in [2.24, 2.45) is 23.7 Å². The van der Waals surface area contributed by atoms with Crippen LogP contribution in [0.3, 0.4) is 0 Å². The maximum Gasteiger partial charge on any atom is 0.308 e. The standard InChI is InChI=1S/C31H51NO9/c1-9-25-19(4)14-17(2)10-11-23(34)18(3)15-22(12-13-33)30(20(5)24(35)16-26(36)40-25)41-31-29(38)27(32(7)8)28(37)21(6)39-31/h10-11,13-14,18-22,24-25,27-31,35,37-38H,9,12,15-16H2,1-8H3/b11-10+,17-14+/t18-,19?,20+,21-,22+,24-,25-,27+,28-,29-,30-,31+/m1/s1. The van der Waals surface area contributed by atoms with Gasteiger partial charge in [-0.2, -0.15) is 0 Å². The molecule has 41 heavy (non-hydrogen) atoms. The zero-order valence-corrected chi connectivity index (χ0v) is 25.8. The molecule has 0 bridgehead atoms. The summed E-state index contributed by atoms with van der Waals surface area (Å²) >= 11 is 0. The van der Waals surface area contributed by atoms with Gasteiger partial charge in [0.15, 0.2) is 12.1 Å². The van der Waals surface area contributed by atoms with Gasteiger partial charge in [-0.15, -0.1) is 0 Å². The minimum Gasteiger partial charge on any atom is -0.462 e. The third-order valence-corrected chi connectivity index (χ3v) is 8.51. The van der Waals surface area contributed by atoms with Crippen molar-refractivity contribution in [1.29, 1.82) is 0 Å². The third kappa shape index (κ3) is 9.53. The molecule has 0 aromatic rings. The van der Waals surface area contributed by atoms with Crippen LogP contribution in [0, 0.1) is 23.7 Å². The van der Waals surface area contributed by atoms with Crippen LogP contribution in [0.2, 0.25) is 0 Å². The van der Waals surface area contributed by atoms with Gasteiger partial charge in [0.1, 0.15) is 18.5 Å². The van der Waals surface area contributed by atoms with Crippen LogP contribution in [0.5, 0.6) is 0 Å². The molecule has 2 rings (SSSR count). The average molecular weight is 582 g/mol. The van der Waals surface area contributed by atoms with Gasteiger partial charge in [-0.25, -0.2) is 0 Å². The number of aliphatic hydroxyl groups excluding tert-OH is 3. The van der Waals surface area contributed by atoms with Crippen molar-refractivity contribution >= 4 is 18.0 Å². The van der Waals surface area contributed by atoms with E-state index in [4.69, 9.17) is 14.2 Å². The molecule has 0 spiro atoms. The van der Waals surface area contributed by atoms with Crippen molar-refractivity contribution in [3.05, 3.63) is 23.8 Å². The van der Waals surface area contributed by atoms with E-state index in [2.05, 4.69) is 0 Å². The molecule has 1 fully saturated rings. The number of nitrogens with zero attached hydrogens (tertiary/aromatic N) is 1. The predicted octanol–water partition coefficient (Wildman–Crippen LogP) is 2.43. The molecule has 0 amide bonds. The van der Waals surface area contributed by atoms with E-state index in [-0.39, 0.29) is 31.0 Å². The molecule has 0 aromatic heterocycles. The van der Waals surface area contributed by atoms with Crippen LogP contribution in [0.15, 0.2) is 23.8 Å². The monoisotopic (exact) mass is 581 g/mol. The number of cyclic esters (lactones) is 1. The van der Waals surface area contributed by atoms with E-state index in [9.17, 15) is 29.7 Å². The zero-order valence-electron chi connectivity index (χ0n) is 25.8. The predicted molar refractivity (Wildman–Crippen MR) is 154 cm³/mol. The molecule has 10 heteroatoms. The smallest absolute Gasteiger partial charge is 0.308 e. The largest absolute Gasteiger partial charge is 0.462 e. The van der Waals surface area contributed by atoms with Crippen LogP contribution in [-0.4, -0.2) is 101 Å². The average Bonchev–Trinajstić information content (AvgIpc) is 2.90. The number of ether oxygens (including phenoxy) is 3. The maximum atomic E-state index is 13.1. The third-order valence-electron chi connectivity index (χ3n) is 8.51. The lowest BCUT2D eigenvalue weighted by Crippen LogP contribution is -2.63. The number of ketones is 1. The van der Waals surface area contributed by atoms with Crippen LogP contribution in [0.4, 0.5) is 0 Å². The molecule has 2 heterocycles. The highest BCUT2D eigenvalue weighted by atomic mass is 16.7. The van der Waals surface area contributed by atoms with Gasteiger partial charge in [0.05, 0.1) is 36.9 Å². The molecular weight excluding hydrogens is 530 g/mol. The van der Waals surface area contributed by atoms with Gasteiger partial charge in [0.25, 0.3) is 0 Å². The van der Waals surface area contributed by atoms with Crippen molar-refractivity contribution in [2.75, 3.05) is 14.1 Å². The van der Waals surface area contributed by atoms with E-state index < -0.39 is 72.7 Å². The van der Waals surface area contributed by atoms with Crippen molar-refractivity contribution < 1.29 is 43.9 Å². The molecule has 234 valence electrons. The van der Waals surface area contributed by atoms with Gasteiger partial charge in [0, 0.05) is 24.2 Å². The second-order valence-corrected chi connectivity index (χ2v) is 12.1. The van der Waals surface area contributed by atoms with Crippen LogP contribution in [0.1, 0.15) is 67.2 Å². The van der Waals surface area contributed by atoms with Crippen molar-refractivity contribution in [3.8, 4) is 0 Å². The van der Waals surface area contributed by atoms with Crippen LogP contribution >= 0.6 is 0 Å². The highest BCUT2D eigenvalue weighted by Gasteiger charge is 2.47. The van der Waals surface area contributed by atoms with E-state index in [0.717, 1.165) is 11.9 Å². The Balaban J connectivity index is 2.50. The number of carbonyl (C=O) groups excluding carboxylic acids is 3.